The van der Waals surface area contributed by atoms with Crippen molar-refractivity contribution >= 4 is 32.2 Å². The maximum absolute atomic E-state index is 12.4. The molecule has 0 aliphatic carbocycles. The molecule has 0 saturated carbocycles. The molecule has 0 atom stereocenters. The number of aryl methyl sites for hydroxylation is 2. The molecular weight excluding hydrogens is 380 g/mol. The summed E-state index contributed by atoms with van der Waals surface area (Å²) in [7, 11) is -7.70. The molecule has 2 rings (SSSR count). The molecule has 25 heavy (non-hydrogen) atoms. The zero-order valence-corrected chi connectivity index (χ0v) is 16.8. The van der Waals surface area contributed by atoms with Gasteiger partial charge in [0, 0.05) is 12.1 Å². The molecular formula is C16H20N2O4S3. The Bertz CT molecular complexity index is 919. The van der Waals surface area contributed by atoms with Crippen molar-refractivity contribution in [2.45, 2.75) is 37.5 Å². The third kappa shape index (κ3) is 4.42. The molecule has 6 nitrogen and oxygen atoms in total. The van der Waals surface area contributed by atoms with E-state index in [4.69, 9.17) is 0 Å². The Morgan fingerprint density at radius 1 is 0.680 bits per heavy atom. The fraction of sp³-hybridized carbons (Fsp3) is 0.250. The Morgan fingerprint density at radius 3 is 1.40 bits per heavy atom. The smallest absolute Gasteiger partial charge is 0.206 e. The van der Waals surface area contributed by atoms with Gasteiger partial charge in [-0.15, -0.1) is 8.25 Å². The van der Waals surface area contributed by atoms with Gasteiger partial charge in [-0.1, -0.05) is 24.3 Å². The van der Waals surface area contributed by atoms with Crippen LogP contribution in [-0.4, -0.2) is 16.8 Å². The van der Waals surface area contributed by atoms with Gasteiger partial charge in [0.15, 0.2) is 0 Å². The maximum atomic E-state index is 12.4. The molecule has 0 bridgehead atoms. The molecule has 136 valence electrons. The van der Waals surface area contributed by atoms with Crippen molar-refractivity contribution in [1.29, 1.82) is 0 Å². The molecule has 0 heterocycles. The summed E-state index contributed by atoms with van der Waals surface area (Å²) in [5.74, 6) is 0. The number of benzene rings is 2. The van der Waals surface area contributed by atoms with Crippen molar-refractivity contribution in [3.8, 4) is 0 Å². The molecule has 9 heteroatoms. The molecule has 0 aliphatic rings. The highest BCUT2D eigenvalue weighted by atomic mass is 32.3. The van der Waals surface area contributed by atoms with Gasteiger partial charge in [-0.2, -0.15) is 0 Å². The summed E-state index contributed by atoms with van der Waals surface area (Å²) in [6.45, 7) is 7.03. The standard InChI is InChI=1S/C16H20N2O4S3/c1-11-7-5-9-15(13(11)3)24(19,20)17-23-18-25(21,22)16-10-6-8-12(2)14(16)4/h5-10,17-18H,1-4H3. The first-order valence-electron chi connectivity index (χ1n) is 7.38. The normalized spacial score (nSPS) is 12.3. The minimum absolute atomic E-state index is 0.117. The van der Waals surface area contributed by atoms with E-state index in [2.05, 4.69) is 8.25 Å². The second kappa shape index (κ2) is 7.46. The van der Waals surface area contributed by atoms with Crippen LogP contribution in [0.15, 0.2) is 46.2 Å². The SMILES string of the molecule is Cc1cccc(S(=O)(=O)NSNS(=O)(=O)c2cccc(C)c2C)c1C. The number of hydrogen-bond acceptors (Lipinski definition) is 5. The van der Waals surface area contributed by atoms with Crippen LogP contribution in [0, 0.1) is 27.7 Å². The highest BCUT2D eigenvalue weighted by Crippen LogP contribution is 2.21. The Kier molecular flexibility index (Phi) is 5.95. The van der Waals surface area contributed by atoms with Crippen molar-refractivity contribution in [1.82, 2.24) is 8.25 Å². The van der Waals surface area contributed by atoms with Crippen LogP contribution in [0.25, 0.3) is 0 Å². The first kappa shape index (κ1) is 19.9. The van der Waals surface area contributed by atoms with Crippen LogP contribution in [0.5, 0.6) is 0 Å². The van der Waals surface area contributed by atoms with Crippen molar-refractivity contribution in [2.24, 2.45) is 0 Å². The van der Waals surface area contributed by atoms with Crippen LogP contribution in [0.3, 0.4) is 0 Å². The summed E-state index contributed by atoms with van der Waals surface area (Å²) in [6, 6.07) is 9.86. The molecule has 0 amide bonds. The number of hydrogen-bond donors (Lipinski definition) is 2. The molecule has 2 aromatic carbocycles. The quantitative estimate of drug-likeness (QED) is 0.728. The van der Waals surface area contributed by atoms with Gasteiger partial charge >= 0.3 is 0 Å². The first-order valence-corrected chi connectivity index (χ1v) is 11.2. The zero-order chi connectivity index (χ0) is 18.8. The lowest BCUT2D eigenvalue weighted by Crippen LogP contribution is -2.26. The van der Waals surface area contributed by atoms with Crippen LogP contribution in [0.4, 0.5) is 0 Å². The van der Waals surface area contributed by atoms with Crippen molar-refractivity contribution in [2.75, 3.05) is 0 Å². The number of sulfonamides is 2. The minimum atomic E-state index is -3.85. The van der Waals surface area contributed by atoms with Crippen LogP contribution < -0.4 is 8.25 Å². The van der Waals surface area contributed by atoms with Gasteiger partial charge in [0.2, 0.25) is 0 Å². The first-order chi connectivity index (χ1) is 11.6. The van der Waals surface area contributed by atoms with E-state index in [1.165, 1.54) is 12.1 Å². The molecule has 2 N–H and O–H groups in total. The predicted molar refractivity (Wildman–Crippen MR) is 100 cm³/mol. The third-order valence-corrected chi connectivity index (χ3v) is 8.46. The lowest BCUT2D eigenvalue weighted by atomic mass is 10.1. The topological polar surface area (TPSA) is 92.3 Å². The highest BCUT2D eigenvalue weighted by molar-refractivity contribution is 8.14. The van der Waals surface area contributed by atoms with E-state index < -0.39 is 20.0 Å². The molecule has 0 radical (unpaired) electrons. The molecule has 2 aromatic rings. The predicted octanol–water partition coefficient (Wildman–Crippen LogP) is 2.74. The van der Waals surface area contributed by atoms with Crippen LogP contribution >= 0.6 is 12.1 Å². The van der Waals surface area contributed by atoms with Gasteiger partial charge in [0.1, 0.15) is 0 Å². The largest absolute Gasteiger partial charge is 0.251 e. The summed E-state index contributed by atoms with van der Waals surface area (Å²) in [6.07, 6.45) is 0. The lowest BCUT2D eigenvalue weighted by Gasteiger charge is -2.12. The number of rotatable bonds is 6. The monoisotopic (exact) mass is 400 g/mol. The Hall–Kier alpha value is -1.39. The summed E-state index contributed by atoms with van der Waals surface area (Å²) >= 11 is 0.410. The second-order valence-electron chi connectivity index (χ2n) is 5.67. The van der Waals surface area contributed by atoms with Crippen LogP contribution in [-0.2, 0) is 20.0 Å². The van der Waals surface area contributed by atoms with Crippen molar-refractivity contribution in [3.05, 3.63) is 58.7 Å². The fourth-order valence-corrected chi connectivity index (χ4v) is 5.93. The minimum Gasteiger partial charge on any atom is -0.206 e. The Balaban J connectivity index is 2.16. The average Bonchev–Trinajstić information content (AvgIpc) is 2.52. The van der Waals surface area contributed by atoms with Crippen LogP contribution in [0.2, 0.25) is 0 Å². The molecule has 0 fully saturated rings. The van der Waals surface area contributed by atoms with E-state index in [0.717, 1.165) is 11.1 Å². The van der Waals surface area contributed by atoms with E-state index in [0.29, 0.717) is 23.3 Å². The summed E-state index contributed by atoms with van der Waals surface area (Å²) < 4.78 is 53.9. The van der Waals surface area contributed by atoms with Gasteiger partial charge in [-0.3, -0.25) is 0 Å². The molecule has 0 spiro atoms. The third-order valence-electron chi connectivity index (χ3n) is 3.99. The second-order valence-corrected chi connectivity index (χ2v) is 10.1. The highest BCUT2D eigenvalue weighted by Gasteiger charge is 2.21. The van der Waals surface area contributed by atoms with Gasteiger partial charge in [-0.05, 0) is 62.1 Å². The van der Waals surface area contributed by atoms with Crippen LogP contribution in [0.1, 0.15) is 22.3 Å². The van der Waals surface area contributed by atoms with Gasteiger partial charge in [0.25, 0.3) is 20.0 Å². The molecule has 0 unspecified atom stereocenters. The summed E-state index contributed by atoms with van der Waals surface area (Å²) in [4.78, 5) is 0.233. The lowest BCUT2D eigenvalue weighted by molar-refractivity contribution is 0.593. The van der Waals surface area contributed by atoms with E-state index in [9.17, 15) is 16.8 Å². The fourth-order valence-electron chi connectivity index (χ4n) is 2.25. The van der Waals surface area contributed by atoms with Gasteiger partial charge < -0.3 is 0 Å². The van der Waals surface area contributed by atoms with E-state index in [-0.39, 0.29) is 9.79 Å². The van der Waals surface area contributed by atoms with E-state index in [1.54, 1.807) is 26.0 Å². The van der Waals surface area contributed by atoms with Gasteiger partial charge in [-0.25, -0.2) is 16.8 Å². The summed E-state index contributed by atoms with van der Waals surface area (Å²) in [5, 5.41) is 0. The Labute approximate surface area is 153 Å². The molecule has 0 saturated heterocycles. The van der Waals surface area contributed by atoms with Crippen molar-refractivity contribution < 1.29 is 16.8 Å². The van der Waals surface area contributed by atoms with Crippen molar-refractivity contribution in [3.63, 3.8) is 0 Å². The Morgan fingerprint density at radius 2 is 1.04 bits per heavy atom. The summed E-state index contributed by atoms with van der Waals surface area (Å²) in [5.41, 5.74) is 2.91. The zero-order valence-electron chi connectivity index (χ0n) is 14.3. The average molecular weight is 401 g/mol. The molecule has 0 aromatic heterocycles. The van der Waals surface area contributed by atoms with E-state index in [1.807, 2.05) is 26.0 Å². The maximum Gasteiger partial charge on any atom is 0.251 e. The van der Waals surface area contributed by atoms with Gasteiger partial charge in [0.05, 0.1) is 9.79 Å². The molecule has 0 aliphatic heterocycles. The number of nitrogens with one attached hydrogen (secondary N) is 2. The van der Waals surface area contributed by atoms with E-state index >= 15 is 0 Å².